The Hall–Kier alpha value is -4.38. The molecule has 2 aliphatic rings. The first-order valence-corrected chi connectivity index (χ1v) is 16.2. The van der Waals surface area contributed by atoms with Crippen LogP contribution in [0.25, 0.3) is 50.9 Å². The van der Waals surface area contributed by atoms with Gasteiger partial charge in [0, 0.05) is 44.9 Å². The smallest absolute Gasteiger partial charge is 0.164 e. The van der Waals surface area contributed by atoms with E-state index in [1.165, 1.54) is 23.8 Å². The van der Waals surface area contributed by atoms with E-state index < -0.39 is 0 Å². The molecular weight excluding hydrogens is 540 g/mol. The van der Waals surface area contributed by atoms with E-state index in [0.717, 1.165) is 82.4 Å². The number of pyridine rings is 1. The zero-order valence-corrected chi connectivity index (χ0v) is 26.2. The van der Waals surface area contributed by atoms with Crippen molar-refractivity contribution >= 4 is 17.0 Å². The summed E-state index contributed by atoms with van der Waals surface area (Å²) in [6.45, 7) is 8.74. The third-order valence-electron chi connectivity index (χ3n) is 9.45. The third-order valence-corrected chi connectivity index (χ3v) is 9.45. The summed E-state index contributed by atoms with van der Waals surface area (Å²) in [6.07, 6.45) is 15.8. The maximum absolute atomic E-state index is 6.29. The second kappa shape index (κ2) is 12.0. The summed E-state index contributed by atoms with van der Waals surface area (Å²) < 4.78 is 6.29. The average Bonchev–Trinajstić information content (AvgIpc) is 3.43. The molecule has 222 valence electrons. The second-order valence-electron chi connectivity index (χ2n) is 12.6. The Morgan fingerprint density at radius 3 is 2.50 bits per heavy atom. The highest BCUT2D eigenvalue weighted by molar-refractivity contribution is 5.88. The quantitative estimate of drug-likeness (QED) is 0.179. The van der Waals surface area contributed by atoms with Crippen molar-refractivity contribution in [1.82, 2.24) is 19.9 Å². The number of allylic oxidation sites excluding steroid dienone is 3. The van der Waals surface area contributed by atoms with Crippen LogP contribution >= 0.6 is 0 Å². The van der Waals surface area contributed by atoms with Gasteiger partial charge in [0.1, 0.15) is 17.2 Å². The molecule has 0 N–H and O–H groups in total. The van der Waals surface area contributed by atoms with Gasteiger partial charge in [-0.2, -0.15) is 0 Å². The molecule has 2 aromatic carbocycles. The average molecular weight is 581 g/mol. The van der Waals surface area contributed by atoms with Gasteiger partial charge in [-0.15, -0.1) is 0 Å². The van der Waals surface area contributed by atoms with Crippen LogP contribution in [0.1, 0.15) is 80.4 Å². The van der Waals surface area contributed by atoms with E-state index in [0.29, 0.717) is 17.6 Å². The SMILES string of the molecule is CC[C@@H](C)C[C@H]1C=CC(c2nc(-c3ccc4c5c(oc4c3)C=CCC5)nc(-c3ccccc3-c3ccc(C)nc3C)n2)CC1. The zero-order chi connectivity index (χ0) is 30.2. The molecule has 0 spiro atoms. The first-order chi connectivity index (χ1) is 21.5. The third kappa shape index (κ3) is 5.52. The molecule has 5 aromatic rings. The van der Waals surface area contributed by atoms with Crippen molar-refractivity contribution in [2.45, 2.75) is 72.1 Å². The highest BCUT2D eigenvalue weighted by atomic mass is 16.3. The first kappa shape index (κ1) is 28.4. The number of rotatable bonds is 7. The van der Waals surface area contributed by atoms with E-state index in [1.54, 1.807) is 0 Å². The molecule has 5 heteroatoms. The van der Waals surface area contributed by atoms with Crippen molar-refractivity contribution in [3.8, 4) is 33.9 Å². The van der Waals surface area contributed by atoms with Gasteiger partial charge in [0.25, 0.3) is 0 Å². The van der Waals surface area contributed by atoms with E-state index >= 15 is 0 Å². The van der Waals surface area contributed by atoms with Gasteiger partial charge in [-0.25, -0.2) is 15.0 Å². The summed E-state index contributed by atoms with van der Waals surface area (Å²) >= 11 is 0. The minimum absolute atomic E-state index is 0.156. The molecule has 7 rings (SSSR count). The van der Waals surface area contributed by atoms with Gasteiger partial charge in [-0.05, 0) is 81.6 Å². The lowest BCUT2D eigenvalue weighted by molar-refractivity contribution is 0.390. The second-order valence-corrected chi connectivity index (χ2v) is 12.6. The molecule has 0 saturated heterocycles. The number of hydrogen-bond acceptors (Lipinski definition) is 5. The Balaban J connectivity index is 1.34. The lowest BCUT2D eigenvalue weighted by Gasteiger charge is -2.24. The van der Waals surface area contributed by atoms with Crippen LogP contribution < -0.4 is 0 Å². The Labute approximate surface area is 260 Å². The topological polar surface area (TPSA) is 64.7 Å². The van der Waals surface area contributed by atoms with E-state index in [2.05, 4.69) is 99.7 Å². The first-order valence-electron chi connectivity index (χ1n) is 16.2. The van der Waals surface area contributed by atoms with Gasteiger partial charge >= 0.3 is 0 Å². The standard InChI is InChI=1S/C39H40N4O/c1-5-24(2)22-27-15-17-28(18-16-27)37-41-38(29-19-21-33-32-11-8-9-13-35(32)44-36(33)23-29)43-39(42-37)34-12-7-6-10-31(34)30-20-14-25(3)40-26(30)4/h6-7,9-10,12-15,17,19-21,23-24,27-28H,5,8,11,16,18,22H2,1-4H3/t24-,27+,28?/m1/s1. The molecule has 2 aliphatic carbocycles. The van der Waals surface area contributed by atoms with Crippen LogP contribution in [0.2, 0.25) is 0 Å². The van der Waals surface area contributed by atoms with Crippen LogP contribution in [0.15, 0.2) is 77.2 Å². The lowest BCUT2D eigenvalue weighted by atomic mass is 9.83. The van der Waals surface area contributed by atoms with Crippen molar-refractivity contribution in [2.75, 3.05) is 0 Å². The van der Waals surface area contributed by atoms with Gasteiger partial charge in [0.15, 0.2) is 11.6 Å². The van der Waals surface area contributed by atoms with Crippen LogP contribution in [0.3, 0.4) is 0 Å². The lowest BCUT2D eigenvalue weighted by Crippen LogP contribution is -2.14. The minimum Gasteiger partial charge on any atom is -0.456 e. The molecule has 44 heavy (non-hydrogen) atoms. The van der Waals surface area contributed by atoms with Gasteiger partial charge < -0.3 is 4.42 Å². The Bertz CT molecular complexity index is 1900. The summed E-state index contributed by atoms with van der Waals surface area (Å²) in [4.78, 5) is 20.2. The van der Waals surface area contributed by atoms with E-state index in [9.17, 15) is 0 Å². The van der Waals surface area contributed by atoms with Gasteiger partial charge in [0.05, 0.1) is 0 Å². The van der Waals surface area contributed by atoms with Crippen molar-refractivity contribution in [2.24, 2.45) is 11.8 Å². The predicted molar refractivity (Wildman–Crippen MR) is 179 cm³/mol. The largest absolute Gasteiger partial charge is 0.456 e. The van der Waals surface area contributed by atoms with Gasteiger partial charge in [-0.1, -0.05) is 81.0 Å². The minimum atomic E-state index is 0.156. The Kier molecular flexibility index (Phi) is 7.71. The molecule has 5 nitrogen and oxygen atoms in total. The molecule has 0 saturated carbocycles. The molecule has 3 aromatic heterocycles. The summed E-state index contributed by atoms with van der Waals surface area (Å²) in [5.41, 5.74) is 8.28. The molecule has 0 amide bonds. The molecule has 0 bridgehead atoms. The summed E-state index contributed by atoms with van der Waals surface area (Å²) in [5, 5.41) is 1.18. The van der Waals surface area contributed by atoms with Crippen molar-refractivity contribution < 1.29 is 4.42 Å². The molecular formula is C39H40N4O. The maximum Gasteiger partial charge on any atom is 0.164 e. The van der Waals surface area contributed by atoms with Crippen molar-refractivity contribution in [3.63, 3.8) is 0 Å². The normalized spacial score (nSPS) is 18.5. The molecule has 1 unspecified atom stereocenters. The molecule has 0 aliphatic heterocycles. The predicted octanol–water partition coefficient (Wildman–Crippen LogP) is 10.1. The molecule has 0 fully saturated rings. The number of aromatic nitrogens is 4. The highest BCUT2D eigenvalue weighted by Crippen LogP contribution is 2.38. The van der Waals surface area contributed by atoms with E-state index in [-0.39, 0.29) is 5.92 Å². The fourth-order valence-corrected chi connectivity index (χ4v) is 6.78. The Morgan fingerprint density at radius 1 is 0.864 bits per heavy atom. The van der Waals surface area contributed by atoms with Crippen molar-refractivity contribution in [3.05, 3.63) is 101 Å². The number of fused-ring (bicyclic) bond motifs is 3. The fraction of sp³-hybridized carbons (Fsp3) is 0.333. The number of furan rings is 1. The number of hydrogen-bond donors (Lipinski definition) is 0. The fourth-order valence-electron chi connectivity index (χ4n) is 6.78. The number of aryl methyl sites for hydroxylation is 3. The molecule has 0 radical (unpaired) electrons. The van der Waals surface area contributed by atoms with Gasteiger partial charge in [-0.3, -0.25) is 4.98 Å². The summed E-state index contributed by atoms with van der Waals surface area (Å²) in [7, 11) is 0. The number of nitrogens with zero attached hydrogens (tertiary/aromatic N) is 4. The van der Waals surface area contributed by atoms with Crippen LogP contribution in [0, 0.1) is 25.7 Å². The summed E-state index contributed by atoms with van der Waals surface area (Å²) in [5.74, 6) is 4.70. The molecule has 3 heterocycles. The highest BCUT2D eigenvalue weighted by Gasteiger charge is 2.24. The van der Waals surface area contributed by atoms with Gasteiger partial charge in [0.2, 0.25) is 0 Å². The maximum atomic E-state index is 6.29. The van der Waals surface area contributed by atoms with E-state index in [1.807, 2.05) is 6.92 Å². The monoisotopic (exact) mass is 580 g/mol. The van der Waals surface area contributed by atoms with Crippen LogP contribution in [0.4, 0.5) is 0 Å². The van der Waals surface area contributed by atoms with Crippen LogP contribution in [-0.4, -0.2) is 19.9 Å². The Morgan fingerprint density at radius 2 is 1.70 bits per heavy atom. The summed E-state index contributed by atoms with van der Waals surface area (Å²) in [6, 6.07) is 19.0. The number of benzene rings is 2. The van der Waals surface area contributed by atoms with E-state index in [4.69, 9.17) is 24.4 Å². The van der Waals surface area contributed by atoms with Crippen LogP contribution in [0.5, 0.6) is 0 Å². The zero-order valence-electron chi connectivity index (χ0n) is 26.2. The molecule has 3 atom stereocenters. The van der Waals surface area contributed by atoms with Crippen molar-refractivity contribution in [1.29, 1.82) is 0 Å². The van der Waals surface area contributed by atoms with Crippen LogP contribution in [-0.2, 0) is 6.42 Å².